The van der Waals surface area contributed by atoms with Crippen molar-refractivity contribution in [1.82, 2.24) is 14.9 Å². The van der Waals surface area contributed by atoms with Crippen molar-refractivity contribution >= 4 is 0 Å². The van der Waals surface area contributed by atoms with Gasteiger partial charge in [-0.25, -0.2) is 4.98 Å². The first-order valence-corrected chi connectivity index (χ1v) is 6.13. The van der Waals surface area contributed by atoms with Gasteiger partial charge in [0.1, 0.15) is 0 Å². The summed E-state index contributed by atoms with van der Waals surface area (Å²) in [6.45, 7) is 6.23. The van der Waals surface area contributed by atoms with Crippen molar-refractivity contribution in [3.05, 3.63) is 18.7 Å². The topological polar surface area (TPSA) is 39.1 Å². The third kappa shape index (κ3) is 3.32. The van der Waals surface area contributed by atoms with E-state index in [1.165, 1.54) is 6.42 Å². The Balaban J connectivity index is 1.57. The van der Waals surface area contributed by atoms with Crippen LogP contribution in [0.5, 0.6) is 0 Å². The van der Waals surface area contributed by atoms with Gasteiger partial charge in [0.2, 0.25) is 0 Å². The molecule has 2 heterocycles. The van der Waals surface area contributed by atoms with E-state index in [0.717, 1.165) is 32.7 Å². The number of rotatable bonds is 6. The number of imidazole rings is 1. The van der Waals surface area contributed by atoms with E-state index in [4.69, 9.17) is 4.74 Å². The Hall–Kier alpha value is -0.870. The molecule has 1 aromatic heterocycles. The van der Waals surface area contributed by atoms with Gasteiger partial charge in [0.25, 0.3) is 0 Å². The molecule has 2 atom stereocenters. The fourth-order valence-corrected chi connectivity index (χ4v) is 2.12. The Bertz CT molecular complexity index is 280. The zero-order valence-corrected chi connectivity index (χ0v) is 9.93. The van der Waals surface area contributed by atoms with Gasteiger partial charge in [0.05, 0.1) is 12.9 Å². The van der Waals surface area contributed by atoms with E-state index in [-0.39, 0.29) is 0 Å². The summed E-state index contributed by atoms with van der Waals surface area (Å²) in [7, 11) is 0. The summed E-state index contributed by atoms with van der Waals surface area (Å²) in [5.74, 6) is 0.702. The average Bonchev–Trinajstić information content (AvgIpc) is 2.96. The standard InChI is InChI=1S/C12H21N3O/c1-11(12-3-8-16-9-12)14-4-2-6-15-7-5-13-10-15/h5,7,10-12,14H,2-4,6,8-9H2,1H3. The number of hydrogen-bond acceptors (Lipinski definition) is 3. The largest absolute Gasteiger partial charge is 0.381 e. The van der Waals surface area contributed by atoms with Crippen LogP contribution in [0.2, 0.25) is 0 Å². The molecule has 0 radical (unpaired) electrons. The van der Waals surface area contributed by atoms with Crippen LogP contribution in [0.1, 0.15) is 19.8 Å². The van der Waals surface area contributed by atoms with Gasteiger partial charge in [-0.2, -0.15) is 0 Å². The van der Waals surface area contributed by atoms with Crippen LogP contribution in [0.25, 0.3) is 0 Å². The summed E-state index contributed by atoms with van der Waals surface area (Å²) in [5.41, 5.74) is 0. The maximum atomic E-state index is 5.39. The van der Waals surface area contributed by atoms with E-state index >= 15 is 0 Å². The van der Waals surface area contributed by atoms with Crippen molar-refractivity contribution < 1.29 is 4.74 Å². The molecule has 1 aliphatic rings. The number of nitrogens with one attached hydrogen (secondary N) is 1. The van der Waals surface area contributed by atoms with Crippen molar-refractivity contribution in [2.45, 2.75) is 32.4 Å². The Morgan fingerprint density at radius 3 is 3.25 bits per heavy atom. The number of nitrogens with zero attached hydrogens (tertiary/aromatic N) is 2. The van der Waals surface area contributed by atoms with Crippen molar-refractivity contribution in [1.29, 1.82) is 0 Å². The summed E-state index contributed by atoms with van der Waals surface area (Å²) in [4.78, 5) is 4.03. The molecule has 0 bridgehead atoms. The van der Waals surface area contributed by atoms with E-state index in [9.17, 15) is 0 Å². The highest BCUT2D eigenvalue weighted by atomic mass is 16.5. The Morgan fingerprint density at radius 2 is 2.56 bits per heavy atom. The van der Waals surface area contributed by atoms with Crippen LogP contribution in [-0.4, -0.2) is 35.4 Å². The van der Waals surface area contributed by atoms with E-state index < -0.39 is 0 Å². The molecule has 0 spiro atoms. The third-order valence-electron chi connectivity index (χ3n) is 3.29. The highest BCUT2D eigenvalue weighted by Gasteiger charge is 2.21. The lowest BCUT2D eigenvalue weighted by Crippen LogP contribution is -2.34. The van der Waals surface area contributed by atoms with Gasteiger partial charge in [0, 0.05) is 31.6 Å². The predicted octanol–water partition coefficient (Wildman–Crippen LogP) is 1.29. The van der Waals surface area contributed by atoms with Gasteiger partial charge < -0.3 is 14.6 Å². The molecular weight excluding hydrogens is 202 g/mol. The molecule has 4 nitrogen and oxygen atoms in total. The molecule has 1 fully saturated rings. The summed E-state index contributed by atoms with van der Waals surface area (Å²) < 4.78 is 7.51. The molecule has 1 saturated heterocycles. The fourth-order valence-electron chi connectivity index (χ4n) is 2.12. The summed E-state index contributed by atoms with van der Waals surface area (Å²) in [5, 5.41) is 3.57. The molecule has 90 valence electrons. The molecule has 0 saturated carbocycles. The molecule has 0 aliphatic carbocycles. The first kappa shape index (κ1) is 11.6. The highest BCUT2D eigenvalue weighted by Crippen LogP contribution is 2.16. The third-order valence-corrected chi connectivity index (χ3v) is 3.29. The van der Waals surface area contributed by atoms with Gasteiger partial charge in [0.15, 0.2) is 0 Å². The molecule has 0 aromatic carbocycles. The number of hydrogen-bond donors (Lipinski definition) is 1. The zero-order chi connectivity index (χ0) is 11.2. The van der Waals surface area contributed by atoms with Crippen LogP contribution >= 0.6 is 0 Å². The maximum absolute atomic E-state index is 5.39. The van der Waals surface area contributed by atoms with Crippen LogP contribution in [-0.2, 0) is 11.3 Å². The smallest absolute Gasteiger partial charge is 0.0945 e. The Morgan fingerprint density at radius 1 is 1.62 bits per heavy atom. The van der Waals surface area contributed by atoms with Crippen molar-refractivity contribution in [2.24, 2.45) is 5.92 Å². The molecule has 16 heavy (non-hydrogen) atoms. The molecule has 1 aliphatic heterocycles. The minimum atomic E-state index is 0.574. The Labute approximate surface area is 97.0 Å². The van der Waals surface area contributed by atoms with Crippen molar-refractivity contribution in [3.63, 3.8) is 0 Å². The van der Waals surface area contributed by atoms with Crippen LogP contribution in [0.15, 0.2) is 18.7 Å². The van der Waals surface area contributed by atoms with Crippen LogP contribution in [0.4, 0.5) is 0 Å². The molecule has 1 N–H and O–H groups in total. The summed E-state index contributed by atoms with van der Waals surface area (Å²) in [6, 6.07) is 0.574. The van der Waals surface area contributed by atoms with Gasteiger partial charge in [-0.3, -0.25) is 0 Å². The molecule has 2 unspecified atom stereocenters. The van der Waals surface area contributed by atoms with Crippen LogP contribution < -0.4 is 5.32 Å². The lowest BCUT2D eigenvalue weighted by Gasteiger charge is -2.19. The second-order valence-corrected chi connectivity index (χ2v) is 4.52. The fraction of sp³-hybridized carbons (Fsp3) is 0.750. The molecule has 1 aromatic rings. The monoisotopic (exact) mass is 223 g/mol. The normalized spacial score (nSPS) is 22.4. The van der Waals surface area contributed by atoms with E-state index in [2.05, 4.69) is 21.8 Å². The summed E-state index contributed by atoms with van der Waals surface area (Å²) >= 11 is 0. The van der Waals surface area contributed by atoms with E-state index in [1.54, 1.807) is 0 Å². The molecular formula is C12H21N3O. The zero-order valence-electron chi connectivity index (χ0n) is 9.93. The lowest BCUT2D eigenvalue weighted by atomic mass is 10.0. The molecule has 0 amide bonds. The quantitative estimate of drug-likeness (QED) is 0.739. The SMILES string of the molecule is CC(NCCCn1ccnc1)C1CCOC1. The molecule has 2 rings (SSSR count). The van der Waals surface area contributed by atoms with Gasteiger partial charge in [-0.05, 0) is 32.2 Å². The minimum Gasteiger partial charge on any atom is -0.381 e. The van der Waals surface area contributed by atoms with Gasteiger partial charge in [-0.15, -0.1) is 0 Å². The minimum absolute atomic E-state index is 0.574. The van der Waals surface area contributed by atoms with E-state index in [1.807, 2.05) is 18.7 Å². The average molecular weight is 223 g/mol. The second kappa shape index (κ2) is 6.01. The molecule has 4 heteroatoms. The van der Waals surface area contributed by atoms with Crippen molar-refractivity contribution in [3.8, 4) is 0 Å². The van der Waals surface area contributed by atoms with Crippen LogP contribution in [0.3, 0.4) is 0 Å². The predicted molar refractivity (Wildman–Crippen MR) is 63.2 cm³/mol. The first-order chi connectivity index (χ1) is 7.86. The number of aryl methyl sites for hydroxylation is 1. The van der Waals surface area contributed by atoms with Crippen LogP contribution in [0, 0.1) is 5.92 Å². The Kier molecular flexibility index (Phi) is 4.36. The van der Waals surface area contributed by atoms with Crippen molar-refractivity contribution in [2.75, 3.05) is 19.8 Å². The van der Waals surface area contributed by atoms with Gasteiger partial charge >= 0.3 is 0 Å². The maximum Gasteiger partial charge on any atom is 0.0945 e. The number of ether oxygens (including phenoxy) is 1. The second-order valence-electron chi connectivity index (χ2n) is 4.52. The lowest BCUT2D eigenvalue weighted by molar-refractivity contribution is 0.178. The number of aromatic nitrogens is 2. The van der Waals surface area contributed by atoms with E-state index in [0.29, 0.717) is 12.0 Å². The first-order valence-electron chi connectivity index (χ1n) is 6.13. The summed E-state index contributed by atoms with van der Waals surface area (Å²) in [6.07, 6.45) is 8.05. The van der Waals surface area contributed by atoms with Gasteiger partial charge in [-0.1, -0.05) is 0 Å². The highest BCUT2D eigenvalue weighted by molar-refractivity contribution is 4.76.